The first-order valence-corrected chi connectivity index (χ1v) is 21.0. The minimum atomic E-state index is 0.618. The fraction of sp³-hybridized carbons (Fsp3) is 0. The Hall–Kier alpha value is -8.41. The Morgan fingerprint density at radius 2 is 0.903 bits per heavy atom. The Morgan fingerprint density at radius 1 is 0.371 bits per heavy atom. The van der Waals surface area contributed by atoms with Gasteiger partial charge in [0.25, 0.3) is 0 Å². The van der Waals surface area contributed by atoms with E-state index in [9.17, 15) is 0 Å². The molecular weight excluding hydrogens is 757 g/mol. The van der Waals surface area contributed by atoms with Crippen molar-refractivity contribution in [1.82, 2.24) is 9.55 Å². The second-order valence-corrected chi connectivity index (χ2v) is 15.6. The fourth-order valence-electron chi connectivity index (χ4n) is 9.13. The van der Waals surface area contributed by atoms with E-state index < -0.39 is 0 Å². The summed E-state index contributed by atoms with van der Waals surface area (Å²) in [7, 11) is 0. The molecule has 0 amide bonds. The van der Waals surface area contributed by atoms with Gasteiger partial charge in [0.15, 0.2) is 5.58 Å². The highest BCUT2D eigenvalue weighted by molar-refractivity contribution is 6.19. The summed E-state index contributed by atoms with van der Waals surface area (Å²) < 4.78 is 8.99. The van der Waals surface area contributed by atoms with Crippen molar-refractivity contribution >= 4 is 88.6 Å². The molecule has 0 spiro atoms. The molecule has 0 aliphatic heterocycles. The Morgan fingerprint density at radius 3 is 1.63 bits per heavy atom. The van der Waals surface area contributed by atoms with Crippen molar-refractivity contribution in [2.24, 2.45) is 0 Å². The first kappa shape index (κ1) is 35.5. The average molecular weight is 795 g/mol. The highest BCUT2D eigenvalue weighted by Crippen LogP contribution is 2.44. The maximum Gasteiger partial charge on any atom is 0.227 e. The summed E-state index contributed by atoms with van der Waals surface area (Å²) in [6.45, 7) is 0. The average Bonchev–Trinajstić information content (AvgIpc) is 3.93. The third kappa shape index (κ3) is 5.98. The summed E-state index contributed by atoms with van der Waals surface area (Å²) in [5, 5.41) is 6.84. The van der Waals surface area contributed by atoms with E-state index >= 15 is 0 Å². The first-order valence-electron chi connectivity index (χ1n) is 21.0. The molecule has 12 rings (SSSR count). The van der Waals surface area contributed by atoms with Crippen LogP contribution in [0.25, 0.3) is 71.6 Å². The highest BCUT2D eigenvalue weighted by atomic mass is 16.3. The lowest BCUT2D eigenvalue weighted by Crippen LogP contribution is -2.13. The number of oxazole rings is 1. The standard InChI is InChI=1S/C57H38N4O/c1-5-16-41(17-6-1)57-58-52-35-31-40-29-28-39-30-32-47(37-51(39)55(40)56(52)62-57)59(42-18-7-2-8-19-42)45-24-15-25-46(36-45)60(43-20-9-3-10-21-43)48-33-34-50-49-26-13-14-27-53(49)61(54(50)38-48)44-22-11-4-12-23-44/h1-38H. The Kier molecular flexibility index (Phi) is 8.42. The Bertz CT molecular complexity index is 3580. The molecule has 0 aliphatic rings. The Balaban J connectivity index is 1.04. The van der Waals surface area contributed by atoms with Gasteiger partial charge in [0.2, 0.25) is 5.89 Å². The van der Waals surface area contributed by atoms with Gasteiger partial charge in [0.05, 0.1) is 11.0 Å². The van der Waals surface area contributed by atoms with Crippen LogP contribution in [0, 0.1) is 0 Å². The molecule has 0 bridgehead atoms. The molecular formula is C57H38N4O. The lowest BCUT2D eigenvalue weighted by atomic mass is 10.00. The van der Waals surface area contributed by atoms with Gasteiger partial charge in [-0.15, -0.1) is 0 Å². The number of para-hydroxylation sites is 4. The molecule has 0 radical (unpaired) electrons. The van der Waals surface area contributed by atoms with Gasteiger partial charge in [-0.3, -0.25) is 0 Å². The van der Waals surface area contributed by atoms with Gasteiger partial charge in [-0.05, 0) is 119 Å². The molecule has 0 fully saturated rings. The van der Waals surface area contributed by atoms with Crippen molar-refractivity contribution in [1.29, 1.82) is 0 Å². The number of fused-ring (bicyclic) bond motifs is 8. The van der Waals surface area contributed by atoms with Crippen LogP contribution in [0.4, 0.5) is 34.1 Å². The van der Waals surface area contributed by atoms with Crippen LogP contribution in [0.5, 0.6) is 0 Å². The zero-order chi connectivity index (χ0) is 41.0. The topological polar surface area (TPSA) is 37.4 Å². The minimum absolute atomic E-state index is 0.618. The van der Waals surface area contributed by atoms with Crippen molar-refractivity contribution in [2.75, 3.05) is 9.80 Å². The second-order valence-electron chi connectivity index (χ2n) is 15.6. The number of hydrogen-bond acceptors (Lipinski definition) is 4. The summed E-state index contributed by atoms with van der Waals surface area (Å²) >= 11 is 0. The van der Waals surface area contributed by atoms with E-state index in [1.807, 2.05) is 30.3 Å². The van der Waals surface area contributed by atoms with Crippen LogP contribution < -0.4 is 9.80 Å². The normalized spacial score (nSPS) is 11.5. The summed E-state index contributed by atoms with van der Waals surface area (Å²) in [6, 6.07) is 81.7. The van der Waals surface area contributed by atoms with E-state index in [4.69, 9.17) is 9.40 Å². The molecule has 0 saturated carbocycles. The number of rotatable bonds is 8. The predicted octanol–water partition coefficient (Wildman–Crippen LogP) is 15.8. The van der Waals surface area contributed by atoms with Gasteiger partial charge in [0, 0.05) is 61.5 Å². The van der Waals surface area contributed by atoms with Crippen LogP contribution in [0.2, 0.25) is 0 Å². The molecule has 0 aliphatic carbocycles. The van der Waals surface area contributed by atoms with Gasteiger partial charge in [-0.1, -0.05) is 127 Å². The molecule has 0 N–H and O–H groups in total. The van der Waals surface area contributed by atoms with Crippen molar-refractivity contribution in [3.8, 4) is 17.1 Å². The first-order chi connectivity index (χ1) is 30.7. The molecule has 2 heterocycles. The van der Waals surface area contributed by atoms with Crippen LogP contribution in [0.15, 0.2) is 235 Å². The summed E-state index contributed by atoms with van der Waals surface area (Å²) in [6.07, 6.45) is 0. The largest absolute Gasteiger partial charge is 0.435 e. The highest BCUT2D eigenvalue weighted by Gasteiger charge is 2.21. The van der Waals surface area contributed by atoms with Gasteiger partial charge >= 0.3 is 0 Å². The monoisotopic (exact) mass is 794 g/mol. The zero-order valence-electron chi connectivity index (χ0n) is 33.6. The lowest BCUT2D eigenvalue weighted by molar-refractivity contribution is 0.623. The maximum atomic E-state index is 6.62. The number of nitrogens with zero attached hydrogens (tertiary/aromatic N) is 4. The van der Waals surface area contributed by atoms with Crippen LogP contribution in [0.3, 0.4) is 0 Å². The summed E-state index contributed by atoms with van der Waals surface area (Å²) in [5.41, 5.74) is 12.3. The molecule has 62 heavy (non-hydrogen) atoms. The van der Waals surface area contributed by atoms with E-state index in [1.165, 1.54) is 16.3 Å². The molecule has 0 unspecified atom stereocenters. The van der Waals surface area contributed by atoms with Crippen molar-refractivity contribution in [3.05, 3.63) is 231 Å². The maximum absolute atomic E-state index is 6.62. The molecule has 12 aromatic rings. The third-order valence-corrected chi connectivity index (χ3v) is 11.9. The molecule has 292 valence electrons. The van der Waals surface area contributed by atoms with Gasteiger partial charge in [-0.2, -0.15) is 0 Å². The summed E-state index contributed by atoms with van der Waals surface area (Å²) in [4.78, 5) is 9.64. The van der Waals surface area contributed by atoms with Gasteiger partial charge < -0.3 is 18.8 Å². The quantitative estimate of drug-likeness (QED) is 0.144. The molecule has 10 aromatic carbocycles. The third-order valence-electron chi connectivity index (χ3n) is 11.9. The molecule has 5 heteroatoms. The van der Waals surface area contributed by atoms with Crippen molar-refractivity contribution in [2.45, 2.75) is 0 Å². The number of anilines is 6. The molecule has 5 nitrogen and oxygen atoms in total. The van der Waals surface area contributed by atoms with Crippen LogP contribution in [0.1, 0.15) is 0 Å². The lowest BCUT2D eigenvalue weighted by Gasteiger charge is -2.29. The summed E-state index contributed by atoms with van der Waals surface area (Å²) in [5.74, 6) is 0.618. The number of hydrogen-bond donors (Lipinski definition) is 0. The number of aromatic nitrogens is 2. The van der Waals surface area contributed by atoms with E-state index in [2.05, 4.69) is 215 Å². The fourth-order valence-corrected chi connectivity index (χ4v) is 9.13. The van der Waals surface area contributed by atoms with Crippen molar-refractivity contribution in [3.63, 3.8) is 0 Å². The van der Waals surface area contributed by atoms with Crippen molar-refractivity contribution < 1.29 is 4.42 Å². The van der Waals surface area contributed by atoms with Crippen LogP contribution in [-0.2, 0) is 0 Å². The van der Waals surface area contributed by atoms with E-state index in [0.717, 1.165) is 83.5 Å². The van der Waals surface area contributed by atoms with Gasteiger partial charge in [0.1, 0.15) is 5.52 Å². The molecule has 0 atom stereocenters. The smallest absolute Gasteiger partial charge is 0.227 e. The van der Waals surface area contributed by atoms with E-state index in [1.54, 1.807) is 0 Å². The van der Waals surface area contributed by atoms with Crippen LogP contribution >= 0.6 is 0 Å². The molecule has 0 saturated heterocycles. The predicted molar refractivity (Wildman–Crippen MR) is 258 cm³/mol. The SMILES string of the molecule is c1ccc(-c2nc3ccc4ccc5ccc(N(c6ccccc6)c6cccc(N(c7ccccc7)c7ccc8c9ccccc9n(-c9ccccc9)c8c7)c6)cc5c4c3o2)cc1. The number of benzene rings is 10. The minimum Gasteiger partial charge on any atom is -0.435 e. The van der Waals surface area contributed by atoms with Gasteiger partial charge in [-0.25, -0.2) is 4.98 Å². The second kappa shape index (κ2) is 14.7. The Labute approximate surface area is 358 Å². The molecule has 2 aromatic heterocycles. The van der Waals surface area contributed by atoms with E-state index in [0.29, 0.717) is 5.89 Å². The zero-order valence-corrected chi connectivity index (χ0v) is 33.6. The van der Waals surface area contributed by atoms with E-state index in [-0.39, 0.29) is 0 Å². The van der Waals surface area contributed by atoms with Crippen LogP contribution in [-0.4, -0.2) is 9.55 Å².